The minimum atomic E-state index is -1.62. The van der Waals surface area contributed by atoms with E-state index < -0.39 is 46.5 Å². The summed E-state index contributed by atoms with van der Waals surface area (Å²) in [4.78, 5) is 40.8. The summed E-state index contributed by atoms with van der Waals surface area (Å²) in [5.41, 5.74) is 2.68. The molecule has 9 nitrogen and oxygen atoms in total. The number of hydrogen-bond acceptors (Lipinski definition) is 5. The van der Waals surface area contributed by atoms with E-state index in [4.69, 9.17) is 4.74 Å². The summed E-state index contributed by atoms with van der Waals surface area (Å²) in [7, 11) is 1.37. The fourth-order valence-corrected chi connectivity index (χ4v) is 7.07. The highest BCUT2D eigenvalue weighted by molar-refractivity contribution is 5.90. The lowest BCUT2D eigenvalue weighted by Gasteiger charge is -2.40. The molecule has 3 aromatic rings. The fourth-order valence-electron chi connectivity index (χ4n) is 7.07. The molecule has 0 unspecified atom stereocenters. The minimum absolute atomic E-state index is 0.00343. The summed E-state index contributed by atoms with van der Waals surface area (Å²) in [6.07, 6.45) is 1.40. The maximum absolute atomic E-state index is 14.6. The molecule has 13 heteroatoms. The van der Waals surface area contributed by atoms with E-state index in [0.29, 0.717) is 56.9 Å². The van der Waals surface area contributed by atoms with Gasteiger partial charge in [-0.25, -0.2) is 22.4 Å². The number of urea groups is 1. The smallest absolute Gasteiger partial charge is 0.321 e. The lowest BCUT2D eigenvalue weighted by Crippen LogP contribution is -2.47. The van der Waals surface area contributed by atoms with Crippen molar-refractivity contribution < 1.29 is 36.7 Å². The molecule has 0 radical (unpaired) electrons. The molecule has 0 aromatic heterocycles. The first kappa shape index (κ1) is 32.1. The van der Waals surface area contributed by atoms with Crippen molar-refractivity contribution >= 4 is 29.2 Å². The number of nitrogens with zero attached hydrogens (tertiary/aromatic N) is 1. The number of likely N-dealkylation sites (N-methyl/N-ethyl adjacent to an activating group) is 1. The number of carbonyl (C=O) groups excluding carboxylic acids is 3. The maximum Gasteiger partial charge on any atom is 0.321 e. The summed E-state index contributed by atoms with van der Waals surface area (Å²) in [6.45, 7) is 2.10. The van der Waals surface area contributed by atoms with E-state index >= 15 is 0 Å². The molecule has 3 aromatic carbocycles. The van der Waals surface area contributed by atoms with Crippen molar-refractivity contribution in [1.82, 2.24) is 15.5 Å². The quantitative estimate of drug-likeness (QED) is 0.213. The van der Waals surface area contributed by atoms with Gasteiger partial charge >= 0.3 is 6.03 Å². The standard InChI is InChI=1S/C34H35F4N5O4/c1-39-32(45)28(14-19-12-25(36)31(38)26(37)13-19)42-30(44)15-20-18-34(24-16-21(35)2-4-23(20)24)6-9-43(10-7-34)33(46)41-22-3-5-27-29(17-22)47-11-8-40-27/h2-5,12-13,16-17,20,28,40H,6-11,14-15,18H2,1H3,(H,39,45)(H,41,46)(H,42,44)/t20-,28-/m1/s1. The van der Waals surface area contributed by atoms with E-state index in [1.165, 1.54) is 19.2 Å². The van der Waals surface area contributed by atoms with Crippen LogP contribution in [0.15, 0.2) is 48.5 Å². The Hall–Kier alpha value is -4.81. The molecule has 1 fully saturated rings. The average Bonchev–Trinajstić information content (AvgIpc) is 3.33. The number of ether oxygens (including phenoxy) is 1. The normalized spacial score (nSPS) is 18.3. The van der Waals surface area contributed by atoms with Crippen molar-refractivity contribution in [1.29, 1.82) is 0 Å². The zero-order chi connectivity index (χ0) is 33.3. The monoisotopic (exact) mass is 653 g/mol. The zero-order valence-corrected chi connectivity index (χ0v) is 25.7. The van der Waals surface area contributed by atoms with Gasteiger partial charge < -0.3 is 30.9 Å². The van der Waals surface area contributed by atoms with Crippen molar-refractivity contribution in [2.75, 3.05) is 43.9 Å². The van der Waals surface area contributed by atoms with Crippen LogP contribution >= 0.6 is 0 Å². The number of anilines is 2. The van der Waals surface area contributed by atoms with Crippen LogP contribution in [0.1, 0.15) is 48.3 Å². The molecule has 3 aliphatic rings. The van der Waals surface area contributed by atoms with Crippen LogP contribution in [0.2, 0.25) is 0 Å². The van der Waals surface area contributed by atoms with Gasteiger partial charge in [-0.1, -0.05) is 6.07 Å². The second-order valence-electron chi connectivity index (χ2n) is 12.3. The molecule has 47 heavy (non-hydrogen) atoms. The third kappa shape index (κ3) is 6.70. The van der Waals surface area contributed by atoms with Crippen molar-refractivity contribution in [2.45, 2.75) is 49.5 Å². The van der Waals surface area contributed by atoms with Crippen LogP contribution in [0.3, 0.4) is 0 Å². The summed E-state index contributed by atoms with van der Waals surface area (Å²) < 4.78 is 61.3. The van der Waals surface area contributed by atoms with Gasteiger partial charge in [0.1, 0.15) is 24.2 Å². The molecule has 0 saturated carbocycles. The van der Waals surface area contributed by atoms with Crippen LogP contribution in [-0.4, -0.2) is 62.1 Å². The van der Waals surface area contributed by atoms with Gasteiger partial charge in [-0.2, -0.15) is 0 Å². The van der Waals surface area contributed by atoms with E-state index in [0.717, 1.165) is 28.9 Å². The highest BCUT2D eigenvalue weighted by Crippen LogP contribution is 2.53. The number of fused-ring (bicyclic) bond motifs is 3. The van der Waals surface area contributed by atoms with Crippen LogP contribution in [-0.2, 0) is 21.4 Å². The number of rotatable bonds is 7. The second kappa shape index (κ2) is 13.1. The largest absolute Gasteiger partial charge is 0.490 e. The highest BCUT2D eigenvalue weighted by atomic mass is 19.2. The Morgan fingerprint density at radius 3 is 2.49 bits per heavy atom. The van der Waals surface area contributed by atoms with Gasteiger partial charge in [-0.05, 0) is 83.7 Å². The number of amides is 4. The van der Waals surface area contributed by atoms with E-state index in [1.807, 2.05) is 6.07 Å². The van der Waals surface area contributed by atoms with Gasteiger partial charge in [-0.15, -0.1) is 0 Å². The van der Waals surface area contributed by atoms with Crippen LogP contribution < -0.4 is 26.0 Å². The predicted octanol–water partition coefficient (Wildman–Crippen LogP) is 4.96. The molecule has 4 N–H and O–H groups in total. The number of likely N-dealkylation sites (tertiary alicyclic amines) is 1. The molecule has 6 rings (SSSR count). The third-order valence-corrected chi connectivity index (χ3v) is 9.39. The number of halogens is 4. The average molecular weight is 654 g/mol. The van der Waals surface area contributed by atoms with Crippen molar-refractivity contribution in [3.8, 4) is 5.75 Å². The Morgan fingerprint density at radius 2 is 1.77 bits per heavy atom. The lowest BCUT2D eigenvalue weighted by molar-refractivity contribution is -0.128. The van der Waals surface area contributed by atoms with Gasteiger partial charge in [-0.3, -0.25) is 9.59 Å². The van der Waals surface area contributed by atoms with Crippen LogP contribution in [0.5, 0.6) is 5.75 Å². The van der Waals surface area contributed by atoms with E-state index in [1.54, 1.807) is 23.1 Å². The first-order valence-corrected chi connectivity index (χ1v) is 15.6. The van der Waals surface area contributed by atoms with E-state index in [9.17, 15) is 31.9 Å². The summed E-state index contributed by atoms with van der Waals surface area (Å²) >= 11 is 0. The molecule has 1 aliphatic carbocycles. The summed E-state index contributed by atoms with van der Waals surface area (Å²) in [5, 5.41) is 11.3. The molecule has 248 valence electrons. The second-order valence-corrected chi connectivity index (χ2v) is 12.3. The molecule has 4 amide bonds. The Labute approximate surface area is 269 Å². The van der Waals surface area contributed by atoms with Crippen molar-refractivity contribution in [3.63, 3.8) is 0 Å². The van der Waals surface area contributed by atoms with Gasteiger partial charge in [0.15, 0.2) is 17.5 Å². The predicted molar refractivity (Wildman–Crippen MR) is 166 cm³/mol. The topological polar surface area (TPSA) is 112 Å². The van der Waals surface area contributed by atoms with Gasteiger partial charge in [0, 0.05) is 51.3 Å². The Bertz CT molecular complexity index is 1690. The van der Waals surface area contributed by atoms with Crippen molar-refractivity contribution in [3.05, 3.63) is 88.5 Å². The van der Waals surface area contributed by atoms with Gasteiger partial charge in [0.25, 0.3) is 0 Å². The highest BCUT2D eigenvalue weighted by Gasteiger charge is 2.46. The Kier molecular flexibility index (Phi) is 8.98. The van der Waals surface area contributed by atoms with Gasteiger partial charge in [0.2, 0.25) is 11.8 Å². The number of hydrogen-bond donors (Lipinski definition) is 4. The first-order chi connectivity index (χ1) is 22.5. The van der Waals surface area contributed by atoms with Crippen LogP contribution in [0.4, 0.5) is 33.7 Å². The van der Waals surface area contributed by atoms with Crippen LogP contribution in [0, 0.1) is 23.3 Å². The number of piperidine rings is 1. The van der Waals surface area contributed by atoms with E-state index in [2.05, 4.69) is 21.3 Å². The minimum Gasteiger partial charge on any atom is -0.490 e. The molecule has 2 heterocycles. The third-order valence-electron chi connectivity index (χ3n) is 9.39. The Balaban J connectivity index is 1.12. The summed E-state index contributed by atoms with van der Waals surface area (Å²) in [5.74, 6) is -5.47. The maximum atomic E-state index is 14.6. The fraction of sp³-hybridized carbons (Fsp3) is 0.382. The lowest BCUT2D eigenvalue weighted by atomic mass is 9.73. The number of benzene rings is 3. The molecule has 1 saturated heterocycles. The Morgan fingerprint density at radius 1 is 1.02 bits per heavy atom. The molecule has 0 bridgehead atoms. The van der Waals surface area contributed by atoms with Crippen molar-refractivity contribution in [2.24, 2.45) is 0 Å². The van der Waals surface area contributed by atoms with Gasteiger partial charge in [0.05, 0.1) is 5.69 Å². The summed E-state index contributed by atoms with van der Waals surface area (Å²) in [6, 6.07) is 10.1. The van der Waals surface area contributed by atoms with Crippen LogP contribution in [0.25, 0.3) is 0 Å². The molecular weight excluding hydrogens is 618 g/mol. The first-order valence-electron chi connectivity index (χ1n) is 15.6. The zero-order valence-electron chi connectivity index (χ0n) is 25.7. The molecule has 1 spiro atoms. The molecule has 2 atom stereocenters. The molecular formula is C34H35F4N5O4. The SMILES string of the molecule is CNC(=O)[C@@H](Cc1cc(F)c(F)c(F)c1)NC(=O)C[C@@H]1CC2(CCN(C(=O)Nc3ccc4c(c3)OCCN4)CC2)c2cc(F)ccc21. The molecule has 2 aliphatic heterocycles. The number of carbonyl (C=O) groups is 3. The number of nitrogens with one attached hydrogen (secondary N) is 4. The van der Waals surface area contributed by atoms with E-state index in [-0.39, 0.29) is 30.4 Å².